The fraction of sp³-hybridized carbons (Fsp3) is 0.562. The maximum Gasteiger partial charge on any atom is 0.418 e. The maximum atomic E-state index is 13.9. The first-order valence-electron chi connectivity index (χ1n) is 15.5. The van der Waals surface area contributed by atoms with Gasteiger partial charge in [0.05, 0.1) is 56.2 Å². The summed E-state index contributed by atoms with van der Waals surface area (Å²) in [5, 5.41) is 9.47. The third-order valence-corrected chi connectivity index (χ3v) is 8.78. The number of carbonyl (C=O) groups is 1. The van der Waals surface area contributed by atoms with E-state index < -0.39 is 11.7 Å². The molecule has 0 bridgehead atoms. The van der Waals surface area contributed by atoms with Crippen molar-refractivity contribution in [2.75, 3.05) is 68.9 Å². The second kappa shape index (κ2) is 14.5. The number of nitrogens with zero attached hydrogens (tertiary/aromatic N) is 7. The molecule has 242 valence electrons. The molecule has 1 aromatic heterocycles. The highest BCUT2D eigenvalue weighted by Gasteiger charge is 2.37. The second-order valence-electron chi connectivity index (χ2n) is 11.5. The molecule has 0 radical (unpaired) electrons. The van der Waals surface area contributed by atoms with Gasteiger partial charge in [0.1, 0.15) is 5.82 Å². The quantitative estimate of drug-likeness (QED) is 0.286. The summed E-state index contributed by atoms with van der Waals surface area (Å²) < 4.78 is 53.4. The van der Waals surface area contributed by atoms with Crippen LogP contribution in [0, 0.1) is 11.3 Å². The predicted molar refractivity (Wildman–Crippen MR) is 163 cm³/mol. The van der Waals surface area contributed by atoms with Crippen molar-refractivity contribution >= 4 is 17.4 Å². The standard InChI is InChI=1S/C32H40F3N7O3/c1-3-23-22-44-19-17-39(23)13-7-18-45-31-37-27-21-40(28-9-6-5-8-26(28)32(33,34)35)14-11-25(27)30(38-31)41-15-16-42(29(43)4-2)24(20-41)10-12-36/h4-6,8-9,23-24H,2-3,7,10-11,13-22H2,1H3/t23-,24?/m1/s1. The fourth-order valence-electron chi connectivity index (χ4n) is 6.44. The summed E-state index contributed by atoms with van der Waals surface area (Å²) in [6.07, 6.45) is -0.895. The number of benzene rings is 1. The molecule has 4 heterocycles. The maximum absolute atomic E-state index is 13.9. The summed E-state index contributed by atoms with van der Waals surface area (Å²) in [6, 6.07) is 7.96. The number of rotatable bonds is 10. The molecule has 10 nitrogen and oxygen atoms in total. The Morgan fingerprint density at radius 1 is 1.18 bits per heavy atom. The van der Waals surface area contributed by atoms with E-state index in [-0.39, 0.29) is 36.6 Å². The number of halogens is 3. The van der Waals surface area contributed by atoms with Crippen molar-refractivity contribution in [3.05, 3.63) is 53.7 Å². The highest BCUT2D eigenvalue weighted by Crippen LogP contribution is 2.39. The molecular formula is C32H40F3N7O3. The van der Waals surface area contributed by atoms with E-state index >= 15 is 0 Å². The van der Waals surface area contributed by atoms with Crippen LogP contribution in [-0.2, 0) is 28.7 Å². The highest BCUT2D eigenvalue weighted by atomic mass is 19.4. The van der Waals surface area contributed by atoms with E-state index in [2.05, 4.69) is 24.5 Å². The lowest BCUT2D eigenvalue weighted by molar-refractivity contribution is -0.137. The van der Waals surface area contributed by atoms with Gasteiger partial charge in [0.2, 0.25) is 5.91 Å². The third kappa shape index (κ3) is 7.50. The number of fused-ring (bicyclic) bond motifs is 1. The van der Waals surface area contributed by atoms with Crippen LogP contribution in [0.5, 0.6) is 6.01 Å². The normalized spacial score (nSPS) is 20.8. The number of hydrogen-bond donors (Lipinski definition) is 0. The van der Waals surface area contributed by atoms with E-state index in [9.17, 15) is 23.2 Å². The Hall–Kier alpha value is -3.89. The molecule has 3 aliphatic rings. The minimum atomic E-state index is -4.49. The molecule has 3 aliphatic heterocycles. The molecule has 0 aliphatic carbocycles. The summed E-state index contributed by atoms with van der Waals surface area (Å²) in [5.41, 5.74) is 0.884. The van der Waals surface area contributed by atoms with Crippen LogP contribution in [0.25, 0.3) is 0 Å². The molecule has 1 amide bonds. The second-order valence-corrected chi connectivity index (χ2v) is 11.5. The number of aromatic nitrogens is 2. The number of alkyl halides is 3. The summed E-state index contributed by atoms with van der Waals surface area (Å²) in [5.74, 6) is 0.416. The minimum Gasteiger partial charge on any atom is -0.463 e. The molecule has 0 saturated carbocycles. The minimum absolute atomic E-state index is 0.111. The Morgan fingerprint density at radius 3 is 2.76 bits per heavy atom. The number of carbonyl (C=O) groups excluding carboxylic acids is 1. The molecule has 1 aromatic carbocycles. The lowest BCUT2D eigenvalue weighted by atomic mass is 10.0. The molecule has 2 aromatic rings. The Balaban J connectivity index is 1.40. The lowest BCUT2D eigenvalue weighted by Crippen LogP contribution is -2.55. The van der Waals surface area contributed by atoms with Gasteiger partial charge in [0.25, 0.3) is 0 Å². The Kier molecular flexibility index (Phi) is 10.5. The number of nitriles is 1. The van der Waals surface area contributed by atoms with Crippen LogP contribution < -0.4 is 14.5 Å². The molecule has 2 saturated heterocycles. The van der Waals surface area contributed by atoms with Gasteiger partial charge in [-0.25, -0.2) is 0 Å². The van der Waals surface area contributed by atoms with E-state index in [1.807, 2.05) is 4.90 Å². The summed E-state index contributed by atoms with van der Waals surface area (Å²) >= 11 is 0. The topological polar surface area (TPSA) is 98.1 Å². The highest BCUT2D eigenvalue weighted by molar-refractivity contribution is 5.87. The molecule has 2 fully saturated rings. The van der Waals surface area contributed by atoms with Crippen molar-refractivity contribution in [2.45, 2.75) is 57.4 Å². The Bertz CT molecular complexity index is 1400. The largest absolute Gasteiger partial charge is 0.463 e. The molecule has 5 rings (SSSR count). The third-order valence-electron chi connectivity index (χ3n) is 8.78. The van der Waals surface area contributed by atoms with Gasteiger partial charge in [-0.2, -0.15) is 28.4 Å². The molecule has 2 atom stereocenters. The number of hydrogen-bond acceptors (Lipinski definition) is 9. The van der Waals surface area contributed by atoms with Gasteiger partial charge >= 0.3 is 12.2 Å². The van der Waals surface area contributed by atoms with Crippen molar-refractivity contribution in [1.82, 2.24) is 19.8 Å². The van der Waals surface area contributed by atoms with E-state index in [4.69, 9.17) is 19.4 Å². The number of para-hydroxylation sites is 1. The van der Waals surface area contributed by atoms with Crippen LogP contribution in [0.1, 0.15) is 43.0 Å². The van der Waals surface area contributed by atoms with Crippen LogP contribution in [0.3, 0.4) is 0 Å². The monoisotopic (exact) mass is 627 g/mol. The van der Waals surface area contributed by atoms with Crippen molar-refractivity contribution in [3.63, 3.8) is 0 Å². The zero-order valence-electron chi connectivity index (χ0n) is 25.6. The summed E-state index contributed by atoms with van der Waals surface area (Å²) in [6.45, 7) is 11.0. The van der Waals surface area contributed by atoms with Crippen LogP contribution in [0.15, 0.2) is 36.9 Å². The van der Waals surface area contributed by atoms with Gasteiger partial charge in [0.15, 0.2) is 0 Å². The Labute approximate surface area is 262 Å². The first-order valence-corrected chi connectivity index (χ1v) is 15.5. The van der Waals surface area contributed by atoms with E-state index in [1.54, 1.807) is 15.9 Å². The molecule has 13 heteroatoms. The molecule has 0 N–H and O–H groups in total. The van der Waals surface area contributed by atoms with E-state index in [1.165, 1.54) is 18.2 Å². The van der Waals surface area contributed by atoms with Gasteiger partial charge in [-0.3, -0.25) is 9.69 Å². The molecule has 1 unspecified atom stereocenters. The first kappa shape index (κ1) is 32.5. The van der Waals surface area contributed by atoms with Crippen molar-refractivity contribution in [3.8, 4) is 12.1 Å². The number of amides is 1. The molecule has 45 heavy (non-hydrogen) atoms. The van der Waals surface area contributed by atoms with Crippen LogP contribution in [0.4, 0.5) is 24.7 Å². The average Bonchev–Trinajstić information content (AvgIpc) is 3.05. The van der Waals surface area contributed by atoms with Crippen molar-refractivity contribution in [2.24, 2.45) is 0 Å². The van der Waals surface area contributed by atoms with E-state index in [0.29, 0.717) is 63.4 Å². The smallest absolute Gasteiger partial charge is 0.418 e. The average molecular weight is 628 g/mol. The number of anilines is 2. The first-order chi connectivity index (χ1) is 21.7. The zero-order chi connectivity index (χ0) is 32.0. The van der Waals surface area contributed by atoms with Gasteiger partial charge in [-0.15, -0.1) is 0 Å². The number of morpholine rings is 1. The van der Waals surface area contributed by atoms with Gasteiger partial charge in [-0.1, -0.05) is 25.6 Å². The lowest BCUT2D eigenvalue weighted by Gasteiger charge is -2.42. The summed E-state index contributed by atoms with van der Waals surface area (Å²) in [7, 11) is 0. The fourth-order valence-corrected chi connectivity index (χ4v) is 6.44. The zero-order valence-corrected chi connectivity index (χ0v) is 25.6. The van der Waals surface area contributed by atoms with Gasteiger partial charge < -0.3 is 24.2 Å². The van der Waals surface area contributed by atoms with Crippen LogP contribution in [0.2, 0.25) is 0 Å². The predicted octanol–water partition coefficient (Wildman–Crippen LogP) is 4.05. The number of ether oxygens (including phenoxy) is 2. The molecular weight excluding hydrogens is 587 g/mol. The van der Waals surface area contributed by atoms with Crippen LogP contribution in [-0.4, -0.2) is 96.8 Å². The summed E-state index contributed by atoms with van der Waals surface area (Å²) in [4.78, 5) is 29.8. The van der Waals surface area contributed by atoms with Crippen molar-refractivity contribution in [1.29, 1.82) is 5.26 Å². The number of piperazine rings is 1. The van der Waals surface area contributed by atoms with Gasteiger partial charge in [0, 0.05) is 56.6 Å². The molecule has 0 spiro atoms. The van der Waals surface area contributed by atoms with E-state index in [0.717, 1.165) is 44.2 Å². The Morgan fingerprint density at radius 2 is 2.00 bits per heavy atom. The van der Waals surface area contributed by atoms with Gasteiger partial charge in [-0.05, 0) is 37.5 Å². The van der Waals surface area contributed by atoms with Crippen molar-refractivity contribution < 1.29 is 27.4 Å². The SMILES string of the molecule is C=CC(=O)N1CCN(c2nc(OCCCN3CCOC[C@H]3CC)nc3c2CCN(c2ccccc2C(F)(F)F)C3)CC1CC#N. The van der Waals surface area contributed by atoms with Crippen LogP contribution >= 0.6 is 0 Å².